The van der Waals surface area contributed by atoms with Gasteiger partial charge in [0.15, 0.2) is 11.0 Å². The van der Waals surface area contributed by atoms with Gasteiger partial charge in [-0.2, -0.15) is 0 Å². The summed E-state index contributed by atoms with van der Waals surface area (Å²) in [5.74, 6) is 1.60. The van der Waals surface area contributed by atoms with Crippen molar-refractivity contribution in [2.75, 3.05) is 11.1 Å². The third-order valence-electron chi connectivity index (χ3n) is 4.66. The van der Waals surface area contributed by atoms with Gasteiger partial charge in [-0.1, -0.05) is 11.8 Å². The number of anilines is 1. The molecule has 1 amide bonds. The highest BCUT2D eigenvalue weighted by Gasteiger charge is 2.22. The van der Waals surface area contributed by atoms with Crippen LogP contribution in [-0.2, 0) is 24.2 Å². The smallest absolute Gasteiger partial charge is 0.236 e. The third-order valence-corrected chi connectivity index (χ3v) is 7.19. The highest BCUT2D eigenvalue weighted by Crippen LogP contribution is 2.36. The van der Waals surface area contributed by atoms with Gasteiger partial charge in [-0.25, -0.2) is 4.98 Å². The zero-order valence-corrected chi connectivity index (χ0v) is 18.7. The first-order chi connectivity index (χ1) is 13.7. The maximum Gasteiger partial charge on any atom is 0.236 e. The van der Waals surface area contributed by atoms with E-state index in [4.69, 9.17) is 0 Å². The molecular formula is C19H20BrN5OS2. The Balaban J connectivity index is 1.46. The predicted molar refractivity (Wildman–Crippen MR) is 117 cm³/mol. The molecule has 3 aromatic heterocycles. The Kier molecular flexibility index (Phi) is 6.13. The molecule has 9 heteroatoms. The number of rotatable bonds is 6. The summed E-state index contributed by atoms with van der Waals surface area (Å²) in [6.45, 7) is 2.85. The van der Waals surface area contributed by atoms with Crippen LogP contribution >= 0.6 is 39.0 Å². The number of halogens is 1. The second-order valence-electron chi connectivity index (χ2n) is 6.51. The number of pyridine rings is 1. The monoisotopic (exact) mass is 477 g/mol. The topological polar surface area (TPSA) is 72.7 Å². The highest BCUT2D eigenvalue weighted by molar-refractivity contribution is 9.10. The average Bonchev–Trinajstić information content (AvgIpc) is 3.31. The summed E-state index contributed by atoms with van der Waals surface area (Å²) in [5.41, 5.74) is 2.65. The van der Waals surface area contributed by atoms with E-state index in [1.807, 2.05) is 17.4 Å². The number of carbonyl (C=O) groups excluding carboxylic acids is 1. The zero-order valence-electron chi connectivity index (χ0n) is 15.4. The van der Waals surface area contributed by atoms with E-state index in [9.17, 15) is 4.79 Å². The van der Waals surface area contributed by atoms with Crippen LogP contribution in [0.1, 0.15) is 30.2 Å². The van der Waals surface area contributed by atoms with E-state index < -0.39 is 0 Å². The van der Waals surface area contributed by atoms with Crippen LogP contribution < -0.4 is 5.32 Å². The Labute approximate surface area is 180 Å². The summed E-state index contributed by atoms with van der Waals surface area (Å²) in [4.78, 5) is 17.9. The highest BCUT2D eigenvalue weighted by atomic mass is 79.9. The molecule has 0 bridgehead atoms. The molecule has 1 N–H and O–H groups in total. The largest absolute Gasteiger partial charge is 0.310 e. The minimum atomic E-state index is -0.111. The number of hydrogen-bond acceptors (Lipinski definition) is 6. The number of hydrogen-bond donors (Lipinski definition) is 1. The van der Waals surface area contributed by atoms with Crippen LogP contribution in [0.3, 0.4) is 0 Å². The van der Waals surface area contributed by atoms with Crippen LogP contribution in [0.5, 0.6) is 0 Å². The van der Waals surface area contributed by atoms with Gasteiger partial charge in [-0.05, 0) is 66.2 Å². The van der Waals surface area contributed by atoms with E-state index >= 15 is 0 Å². The van der Waals surface area contributed by atoms with Crippen molar-refractivity contribution in [2.24, 2.45) is 0 Å². The quantitative estimate of drug-likeness (QED) is 0.516. The number of thiophene rings is 1. The fourth-order valence-corrected chi connectivity index (χ4v) is 5.48. The molecule has 0 radical (unpaired) electrons. The third kappa shape index (κ3) is 4.16. The molecule has 1 aliphatic carbocycles. The van der Waals surface area contributed by atoms with Crippen LogP contribution in [0.4, 0.5) is 5.82 Å². The van der Waals surface area contributed by atoms with Gasteiger partial charge >= 0.3 is 0 Å². The fraction of sp³-hybridized carbons (Fsp3) is 0.368. The van der Waals surface area contributed by atoms with Gasteiger partial charge in [-0.15, -0.1) is 21.5 Å². The SMILES string of the molecule is CCn1c(SCC(=O)Nc2ccc(Br)cn2)nnc1-c1csc2c1CCCC2. The summed E-state index contributed by atoms with van der Waals surface area (Å²) in [6.07, 6.45) is 6.46. The van der Waals surface area contributed by atoms with Gasteiger partial charge in [0.05, 0.1) is 5.75 Å². The second-order valence-corrected chi connectivity index (χ2v) is 9.33. The first kappa shape index (κ1) is 19.6. The van der Waals surface area contributed by atoms with E-state index in [0.29, 0.717) is 5.82 Å². The summed E-state index contributed by atoms with van der Waals surface area (Å²) in [5, 5.41) is 14.6. The molecule has 0 aromatic carbocycles. The summed E-state index contributed by atoms with van der Waals surface area (Å²) in [7, 11) is 0. The number of thioether (sulfide) groups is 1. The Bertz CT molecular complexity index is 983. The summed E-state index contributed by atoms with van der Waals surface area (Å²) >= 11 is 6.57. The molecule has 4 rings (SSSR count). The number of amides is 1. The molecule has 6 nitrogen and oxygen atoms in total. The Hall–Kier alpha value is -1.71. The maximum atomic E-state index is 12.3. The maximum absolute atomic E-state index is 12.3. The number of nitrogens with zero attached hydrogens (tertiary/aromatic N) is 4. The van der Waals surface area contributed by atoms with Crippen molar-refractivity contribution in [2.45, 2.75) is 44.3 Å². The molecule has 146 valence electrons. The summed E-state index contributed by atoms with van der Waals surface area (Å²) in [6, 6.07) is 3.61. The lowest BCUT2D eigenvalue weighted by Gasteiger charge is -2.13. The van der Waals surface area contributed by atoms with Gasteiger partial charge in [0, 0.05) is 33.0 Å². The molecule has 0 saturated carbocycles. The lowest BCUT2D eigenvalue weighted by atomic mass is 9.96. The van der Waals surface area contributed by atoms with E-state index in [-0.39, 0.29) is 11.7 Å². The lowest BCUT2D eigenvalue weighted by Crippen LogP contribution is -2.15. The molecular weight excluding hydrogens is 458 g/mol. The first-order valence-electron chi connectivity index (χ1n) is 9.22. The van der Waals surface area contributed by atoms with Crippen LogP contribution in [0.2, 0.25) is 0 Å². The van der Waals surface area contributed by atoms with Crippen LogP contribution in [0.25, 0.3) is 11.4 Å². The Morgan fingerprint density at radius 3 is 2.96 bits per heavy atom. The molecule has 0 spiro atoms. The van der Waals surface area contributed by atoms with Crippen molar-refractivity contribution >= 4 is 50.8 Å². The normalized spacial score (nSPS) is 13.4. The Morgan fingerprint density at radius 2 is 2.18 bits per heavy atom. The second kappa shape index (κ2) is 8.75. The van der Waals surface area contributed by atoms with Crippen LogP contribution in [0, 0.1) is 0 Å². The fourth-order valence-electron chi connectivity index (χ4n) is 3.32. The minimum absolute atomic E-state index is 0.111. The van der Waals surface area contributed by atoms with E-state index in [2.05, 4.69) is 53.3 Å². The van der Waals surface area contributed by atoms with Crippen molar-refractivity contribution < 1.29 is 4.79 Å². The van der Waals surface area contributed by atoms with Gasteiger partial charge in [0.1, 0.15) is 5.82 Å². The number of aryl methyl sites for hydroxylation is 1. The van der Waals surface area contributed by atoms with Crippen LogP contribution in [0.15, 0.2) is 33.3 Å². The first-order valence-corrected chi connectivity index (χ1v) is 11.9. The van der Waals surface area contributed by atoms with Crippen molar-refractivity contribution in [1.29, 1.82) is 0 Å². The molecule has 1 aliphatic rings. The molecule has 3 aromatic rings. The molecule has 0 fully saturated rings. The van der Waals surface area contributed by atoms with Crippen molar-refractivity contribution in [1.82, 2.24) is 19.7 Å². The van der Waals surface area contributed by atoms with Crippen molar-refractivity contribution in [3.05, 3.63) is 38.6 Å². The molecule has 0 aliphatic heterocycles. The van der Waals surface area contributed by atoms with E-state index in [1.54, 1.807) is 12.3 Å². The molecule has 3 heterocycles. The van der Waals surface area contributed by atoms with Crippen molar-refractivity contribution in [3.8, 4) is 11.4 Å². The molecule has 28 heavy (non-hydrogen) atoms. The molecule has 0 unspecified atom stereocenters. The van der Waals surface area contributed by atoms with E-state index in [0.717, 1.165) is 28.4 Å². The number of carbonyl (C=O) groups is 1. The van der Waals surface area contributed by atoms with Crippen LogP contribution in [-0.4, -0.2) is 31.4 Å². The Morgan fingerprint density at radius 1 is 1.32 bits per heavy atom. The molecule has 0 saturated heterocycles. The summed E-state index contributed by atoms with van der Waals surface area (Å²) < 4.78 is 2.98. The number of nitrogens with one attached hydrogen (secondary N) is 1. The average molecular weight is 478 g/mol. The standard InChI is InChI=1S/C19H20BrN5OS2/c1-2-25-18(14-10-27-15-6-4-3-5-13(14)15)23-24-19(25)28-11-17(26)22-16-8-7-12(20)9-21-16/h7-10H,2-6,11H2,1H3,(H,21,22,26). The van der Waals surface area contributed by atoms with Gasteiger partial charge < -0.3 is 9.88 Å². The van der Waals surface area contributed by atoms with Gasteiger partial charge in [0.2, 0.25) is 5.91 Å². The van der Waals surface area contributed by atoms with Crippen molar-refractivity contribution in [3.63, 3.8) is 0 Å². The van der Waals surface area contributed by atoms with Gasteiger partial charge in [0.25, 0.3) is 0 Å². The number of aromatic nitrogens is 4. The molecule has 0 atom stereocenters. The lowest BCUT2D eigenvalue weighted by molar-refractivity contribution is -0.113. The number of fused-ring (bicyclic) bond motifs is 1. The minimum Gasteiger partial charge on any atom is -0.310 e. The zero-order chi connectivity index (χ0) is 19.5. The van der Waals surface area contributed by atoms with Gasteiger partial charge in [-0.3, -0.25) is 4.79 Å². The predicted octanol–water partition coefficient (Wildman–Crippen LogP) is 4.79. The van der Waals surface area contributed by atoms with E-state index in [1.165, 1.54) is 47.0 Å².